The van der Waals surface area contributed by atoms with Crippen LogP contribution in [0.4, 0.5) is 5.69 Å². The molecule has 0 bridgehead atoms. The molecular formula is C16H22INO5. The minimum absolute atomic E-state index is 0.0559. The summed E-state index contributed by atoms with van der Waals surface area (Å²) in [5.41, 5.74) is 2.04. The van der Waals surface area contributed by atoms with Crippen molar-refractivity contribution in [1.82, 2.24) is 0 Å². The number of hydrogen-bond acceptors (Lipinski definition) is 6. The van der Waals surface area contributed by atoms with Gasteiger partial charge >= 0.3 is 0 Å². The Balaban J connectivity index is 1.68. The first kappa shape index (κ1) is 17.4. The van der Waals surface area contributed by atoms with Crippen molar-refractivity contribution in [2.45, 2.75) is 50.7 Å². The van der Waals surface area contributed by atoms with Crippen molar-refractivity contribution in [3.63, 3.8) is 0 Å². The third kappa shape index (κ3) is 3.49. The van der Waals surface area contributed by atoms with Crippen LogP contribution in [0.5, 0.6) is 0 Å². The molecule has 6 nitrogen and oxygen atoms in total. The molecule has 3 N–H and O–H groups in total. The average Bonchev–Trinajstić information content (AvgIpc) is 2.80. The summed E-state index contributed by atoms with van der Waals surface area (Å²) < 4.78 is 18.0. The standard InChI is InChI=1S/C16H22INO5/c1-9-4-5-10(6-11(9)17)18-8-16(20)14(19)13-12(7-21-16)22-15(2,3)23-13/h4-6,12-14,18-20H,7-8H2,1-3H3/t12-,13-,14+,16-/m1/s1. The van der Waals surface area contributed by atoms with Crippen molar-refractivity contribution in [3.05, 3.63) is 27.3 Å². The number of benzene rings is 1. The summed E-state index contributed by atoms with van der Waals surface area (Å²) >= 11 is 2.26. The van der Waals surface area contributed by atoms with Crippen LogP contribution in [0.2, 0.25) is 0 Å². The molecule has 2 fully saturated rings. The van der Waals surface area contributed by atoms with Crippen LogP contribution in [0, 0.1) is 10.5 Å². The van der Waals surface area contributed by atoms with Gasteiger partial charge in [0.1, 0.15) is 18.3 Å². The number of rotatable bonds is 3. The molecule has 2 heterocycles. The molecule has 1 aromatic carbocycles. The maximum Gasteiger partial charge on any atom is 0.212 e. The third-order valence-electron chi connectivity index (χ3n) is 4.21. The summed E-state index contributed by atoms with van der Waals surface area (Å²) in [5.74, 6) is -2.51. The van der Waals surface area contributed by atoms with Crippen LogP contribution >= 0.6 is 22.6 Å². The summed E-state index contributed by atoms with van der Waals surface area (Å²) in [4.78, 5) is 0. The summed E-state index contributed by atoms with van der Waals surface area (Å²) in [7, 11) is 0. The zero-order valence-electron chi connectivity index (χ0n) is 13.4. The Kier molecular flexibility index (Phi) is 4.63. The first-order valence-electron chi connectivity index (χ1n) is 7.60. The number of hydrogen-bond donors (Lipinski definition) is 3. The van der Waals surface area contributed by atoms with Gasteiger partial charge in [-0.25, -0.2) is 0 Å². The molecule has 2 aliphatic rings. The second kappa shape index (κ2) is 6.12. The van der Waals surface area contributed by atoms with Crippen LogP contribution in [-0.4, -0.2) is 53.3 Å². The Morgan fingerprint density at radius 1 is 1.35 bits per heavy atom. The molecule has 0 amide bonds. The second-order valence-electron chi connectivity index (χ2n) is 6.56. The molecule has 7 heteroatoms. The minimum atomic E-state index is -1.72. The fourth-order valence-corrected chi connectivity index (χ4v) is 3.43. The molecule has 128 valence electrons. The van der Waals surface area contributed by atoms with E-state index < -0.39 is 23.8 Å². The molecule has 0 saturated carbocycles. The van der Waals surface area contributed by atoms with E-state index in [0.29, 0.717) is 0 Å². The number of aryl methyl sites for hydroxylation is 1. The molecule has 0 unspecified atom stereocenters. The molecular weight excluding hydrogens is 413 g/mol. The van der Waals surface area contributed by atoms with Crippen molar-refractivity contribution in [2.75, 3.05) is 18.5 Å². The summed E-state index contributed by atoms with van der Waals surface area (Å²) in [6.07, 6.45) is -2.18. The summed E-state index contributed by atoms with van der Waals surface area (Å²) in [6, 6.07) is 5.91. The average molecular weight is 435 g/mol. The normalized spacial score (nSPS) is 35.8. The van der Waals surface area contributed by atoms with Crippen molar-refractivity contribution in [2.24, 2.45) is 0 Å². The smallest absolute Gasteiger partial charge is 0.212 e. The quantitative estimate of drug-likeness (QED) is 0.627. The van der Waals surface area contributed by atoms with Gasteiger partial charge in [-0.2, -0.15) is 0 Å². The van der Waals surface area contributed by atoms with Crippen LogP contribution in [0.25, 0.3) is 0 Å². The van der Waals surface area contributed by atoms with Gasteiger partial charge in [-0.15, -0.1) is 0 Å². The maximum absolute atomic E-state index is 10.7. The van der Waals surface area contributed by atoms with E-state index in [4.69, 9.17) is 14.2 Å². The van der Waals surface area contributed by atoms with E-state index in [0.717, 1.165) is 9.26 Å². The summed E-state index contributed by atoms with van der Waals surface area (Å²) in [6.45, 7) is 5.83. The van der Waals surface area contributed by atoms with E-state index in [1.165, 1.54) is 5.56 Å². The van der Waals surface area contributed by atoms with E-state index >= 15 is 0 Å². The Labute approximate surface area is 149 Å². The fourth-order valence-electron chi connectivity index (χ4n) is 2.92. The summed E-state index contributed by atoms with van der Waals surface area (Å²) in [5, 5.41) is 24.3. The van der Waals surface area contributed by atoms with E-state index in [2.05, 4.69) is 27.9 Å². The zero-order valence-corrected chi connectivity index (χ0v) is 15.5. The van der Waals surface area contributed by atoms with Crippen molar-refractivity contribution < 1.29 is 24.4 Å². The molecule has 23 heavy (non-hydrogen) atoms. The van der Waals surface area contributed by atoms with Crippen LogP contribution in [-0.2, 0) is 14.2 Å². The number of aliphatic hydroxyl groups excluding tert-OH is 1. The van der Waals surface area contributed by atoms with Gasteiger partial charge in [0, 0.05) is 9.26 Å². The van der Waals surface area contributed by atoms with E-state index in [9.17, 15) is 10.2 Å². The highest BCUT2D eigenvalue weighted by atomic mass is 127. The highest BCUT2D eigenvalue weighted by molar-refractivity contribution is 14.1. The van der Waals surface area contributed by atoms with Gasteiger partial charge in [-0.3, -0.25) is 0 Å². The molecule has 4 atom stereocenters. The molecule has 0 spiro atoms. The predicted octanol–water partition coefficient (Wildman–Crippen LogP) is 1.61. The number of fused-ring (bicyclic) bond motifs is 1. The second-order valence-corrected chi connectivity index (χ2v) is 7.72. The molecule has 2 aliphatic heterocycles. The largest absolute Gasteiger partial charge is 0.385 e. The number of nitrogens with one attached hydrogen (secondary N) is 1. The highest BCUT2D eigenvalue weighted by Gasteiger charge is 2.56. The third-order valence-corrected chi connectivity index (χ3v) is 5.37. The minimum Gasteiger partial charge on any atom is -0.385 e. The molecule has 1 aromatic rings. The molecule has 0 radical (unpaired) electrons. The van der Waals surface area contributed by atoms with Crippen LogP contribution in [0.1, 0.15) is 19.4 Å². The molecule has 2 saturated heterocycles. The van der Waals surface area contributed by atoms with Crippen molar-refractivity contribution in [1.29, 1.82) is 0 Å². The molecule has 0 aromatic heterocycles. The van der Waals surface area contributed by atoms with Gasteiger partial charge in [0.2, 0.25) is 5.79 Å². The topological polar surface area (TPSA) is 80.2 Å². The van der Waals surface area contributed by atoms with Crippen molar-refractivity contribution >= 4 is 28.3 Å². The lowest BCUT2D eigenvalue weighted by Crippen LogP contribution is -2.62. The maximum atomic E-state index is 10.7. The van der Waals surface area contributed by atoms with Crippen LogP contribution in [0.15, 0.2) is 18.2 Å². The van der Waals surface area contributed by atoms with Gasteiger partial charge < -0.3 is 29.7 Å². The Bertz CT molecular complexity index is 596. The highest BCUT2D eigenvalue weighted by Crippen LogP contribution is 2.37. The first-order valence-corrected chi connectivity index (χ1v) is 8.68. The number of aliphatic hydroxyl groups is 2. The van der Waals surface area contributed by atoms with Gasteiger partial charge in [0.05, 0.1) is 13.2 Å². The van der Waals surface area contributed by atoms with Crippen LogP contribution in [0.3, 0.4) is 0 Å². The fraction of sp³-hybridized carbons (Fsp3) is 0.625. The monoisotopic (exact) mass is 435 g/mol. The Morgan fingerprint density at radius 2 is 2.09 bits per heavy atom. The molecule has 3 rings (SSSR count). The SMILES string of the molecule is Cc1ccc(NC[C@@]2(O)OC[C@H]3OC(C)(C)O[C@H]3[C@@H]2O)cc1I. The van der Waals surface area contributed by atoms with Gasteiger partial charge in [0.15, 0.2) is 5.79 Å². The van der Waals surface area contributed by atoms with E-state index in [1.807, 2.05) is 25.1 Å². The van der Waals surface area contributed by atoms with Crippen LogP contribution < -0.4 is 5.32 Å². The van der Waals surface area contributed by atoms with Gasteiger partial charge in [-0.05, 0) is 61.1 Å². The van der Waals surface area contributed by atoms with E-state index in [-0.39, 0.29) is 19.3 Å². The lowest BCUT2D eigenvalue weighted by molar-refractivity contribution is -0.298. The van der Waals surface area contributed by atoms with Gasteiger partial charge in [-0.1, -0.05) is 6.07 Å². The molecule has 0 aliphatic carbocycles. The zero-order chi connectivity index (χ0) is 16.8. The number of anilines is 1. The van der Waals surface area contributed by atoms with Crippen molar-refractivity contribution in [3.8, 4) is 0 Å². The lowest BCUT2D eigenvalue weighted by Gasteiger charge is -2.41. The predicted molar refractivity (Wildman–Crippen MR) is 93.1 cm³/mol. The Morgan fingerprint density at radius 3 is 2.78 bits per heavy atom. The van der Waals surface area contributed by atoms with Gasteiger partial charge in [0.25, 0.3) is 0 Å². The van der Waals surface area contributed by atoms with E-state index in [1.54, 1.807) is 13.8 Å². The Hall–Kier alpha value is -0.450. The number of ether oxygens (including phenoxy) is 3. The number of halogens is 1. The first-order chi connectivity index (χ1) is 10.7. The lowest BCUT2D eigenvalue weighted by atomic mass is 9.97.